The van der Waals surface area contributed by atoms with Gasteiger partial charge in [0.05, 0.1) is 5.69 Å². The molecule has 1 aromatic rings. The number of carboxylic acid groups (broad SMARTS) is 1. The van der Waals surface area contributed by atoms with E-state index in [4.69, 9.17) is 5.11 Å². The summed E-state index contributed by atoms with van der Waals surface area (Å²) in [6.07, 6.45) is 1.59. The predicted octanol–water partition coefficient (Wildman–Crippen LogP) is 0.971. The van der Waals surface area contributed by atoms with Crippen LogP contribution < -0.4 is 5.32 Å². The van der Waals surface area contributed by atoms with E-state index in [0.717, 1.165) is 12.2 Å². The fourth-order valence-corrected chi connectivity index (χ4v) is 0.901. The van der Waals surface area contributed by atoms with Gasteiger partial charge in [-0.2, -0.15) is 0 Å². The Bertz CT molecular complexity index is 412. The van der Waals surface area contributed by atoms with E-state index < -0.39 is 11.9 Å². The minimum Gasteiger partial charge on any atom is -0.506 e. The van der Waals surface area contributed by atoms with Crippen LogP contribution in [0.2, 0.25) is 0 Å². The second-order valence-electron chi connectivity index (χ2n) is 2.68. The molecule has 0 spiro atoms. The third-order valence-corrected chi connectivity index (χ3v) is 1.54. The summed E-state index contributed by atoms with van der Waals surface area (Å²) in [5.41, 5.74) is 0.234. The maximum atomic E-state index is 11.1. The molecule has 0 unspecified atom stereocenters. The first-order chi connectivity index (χ1) is 7.09. The number of hydrogen-bond donors (Lipinski definition) is 3. The number of benzene rings is 1. The van der Waals surface area contributed by atoms with Crippen LogP contribution in [0.5, 0.6) is 5.75 Å². The maximum absolute atomic E-state index is 11.1. The zero-order valence-electron chi connectivity index (χ0n) is 7.68. The van der Waals surface area contributed by atoms with Gasteiger partial charge in [0.1, 0.15) is 5.75 Å². The fraction of sp³-hybridized carbons (Fsp3) is 0. The van der Waals surface area contributed by atoms with Crippen LogP contribution in [0, 0.1) is 0 Å². The van der Waals surface area contributed by atoms with Gasteiger partial charge in [0.25, 0.3) is 0 Å². The number of phenolic OH excluding ortho intramolecular Hbond substituents is 1. The molecule has 0 saturated carbocycles. The minimum atomic E-state index is -1.21. The molecule has 0 heterocycles. The third kappa shape index (κ3) is 3.51. The molecule has 78 valence electrons. The second-order valence-corrected chi connectivity index (χ2v) is 2.68. The van der Waals surface area contributed by atoms with Gasteiger partial charge < -0.3 is 15.5 Å². The van der Waals surface area contributed by atoms with Crippen LogP contribution in [-0.4, -0.2) is 22.1 Å². The fourth-order valence-electron chi connectivity index (χ4n) is 0.901. The van der Waals surface area contributed by atoms with Crippen LogP contribution >= 0.6 is 0 Å². The van der Waals surface area contributed by atoms with Gasteiger partial charge in [-0.15, -0.1) is 0 Å². The highest BCUT2D eigenvalue weighted by atomic mass is 16.4. The van der Waals surface area contributed by atoms with Crippen molar-refractivity contribution < 1.29 is 19.8 Å². The van der Waals surface area contributed by atoms with E-state index in [1.54, 1.807) is 12.1 Å². The van der Waals surface area contributed by atoms with Gasteiger partial charge in [-0.3, -0.25) is 4.79 Å². The predicted molar refractivity (Wildman–Crippen MR) is 53.5 cm³/mol. The first kappa shape index (κ1) is 10.8. The van der Waals surface area contributed by atoms with E-state index >= 15 is 0 Å². The summed E-state index contributed by atoms with van der Waals surface area (Å²) in [6, 6.07) is 6.16. The molecule has 0 aliphatic heterocycles. The number of amides is 1. The quantitative estimate of drug-likeness (QED) is 0.509. The first-order valence-electron chi connectivity index (χ1n) is 4.09. The Labute approximate surface area is 85.7 Å². The van der Waals surface area contributed by atoms with Crippen LogP contribution in [0.4, 0.5) is 5.69 Å². The van der Waals surface area contributed by atoms with E-state index in [2.05, 4.69) is 5.32 Å². The van der Waals surface area contributed by atoms with Gasteiger partial charge in [0, 0.05) is 12.2 Å². The standard InChI is InChI=1S/C10H9NO4/c12-8-4-2-1-3-7(8)11-9(13)5-6-10(14)15/h1-6,12H,(H,11,13)(H,14,15). The highest BCUT2D eigenvalue weighted by molar-refractivity contribution is 6.02. The number of para-hydroxylation sites is 2. The lowest BCUT2D eigenvalue weighted by Gasteiger charge is -2.03. The van der Waals surface area contributed by atoms with Crippen molar-refractivity contribution in [2.24, 2.45) is 0 Å². The Hall–Kier alpha value is -2.30. The van der Waals surface area contributed by atoms with Gasteiger partial charge in [-0.1, -0.05) is 12.1 Å². The molecular formula is C10H9NO4. The highest BCUT2D eigenvalue weighted by Gasteiger charge is 2.02. The van der Waals surface area contributed by atoms with Crippen LogP contribution in [0.25, 0.3) is 0 Å². The number of carboxylic acids is 1. The van der Waals surface area contributed by atoms with Crippen LogP contribution in [0.15, 0.2) is 36.4 Å². The third-order valence-electron chi connectivity index (χ3n) is 1.54. The topological polar surface area (TPSA) is 86.6 Å². The summed E-state index contributed by atoms with van der Waals surface area (Å²) < 4.78 is 0. The van der Waals surface area contributed by atoms with Gasteiger partial charge in [-0.05, 0) is 12.1 Å². The van der Waals surface area contributed by atoms with Crippen LogP contribution in [0.3, 0.4) is 0 Å². The van der Waals surface area contributed by atoms with E-state index in [9.17, 15) is 14.7 Å². The van der Waals surface area contributed by atoms with Crippen molar-refractivity contribution in [1.82, 2.24) is 0 Å². The molecule has 0 aliphatic carbocycles. The van der Waals surface area contributed by atoms with E-state index in [1.165, 1.54) is 12.1 Å². The van der Waals surface area contributed by atoms with E-state index in [1.807, 2.05) is 0 Å². The molecule has 0 radical (unpaired) electrons. The molecule has 0 fully saturated rings. The van der Waals surface area contributed by atoms with Crippen molar-refractivity contribution in [3.63, 3.8) is 0 Å². The zero-order valence-corrected chi connectivity index (χ0v) is 7.68. The molecule has 0 saturated heterocycles. The molecule has 5 heteroatoms. The second kappa shape index (κ2) is 4.80. The Morgan fingerprint density at radius 2 is 1.87 bits per heavy atom. The van der Waals surface area contributed by atoms with Crippen LogP contribution in [0.1, 0.15) is 0 Å². The van der Waals surface area contributed by atoms with Crippen LogP contribution in [-0.2, 0) is 9.59 Å². The molecule has 1 rings (SSSR count). The van der Waals surface area contributed by atoms with Crippen molar-refractivity contribution in [3.05, 3.63) is 36.4 Å². The van der Waals surface area contributed by atoms with Crippen molar-refractivity contribution >= 4 is 17.6 Å². The number of aliphatic carboxylic acids is 1. The Morgan fingerprint density at radius 3 is 2.47 bits per heavy atom. The Morgan fingerprint density at radius 1 is 1.20 bits per heavy atom. The summed E-state index contributed by atoms with van der Waals surface area (Å²) in [5.74, 6) is -1.89. The molecule has 0 aromatic heterocycles. The largest absolute Gasteiger partial charge is 0.506 e. The molecule has 5 nitrogen and oxygen atoms in total. The maximum Gasteiger partial charge on any atom is 0.328 e. The van der Waals surface area contributed by atoms with Crippen molar-refractivity contribution in [2.75, 3.05) is 5.32 Å². The first-order valence-corrected chi connectivity index (χ1v) is 4.09. The molecular weight excluding hydrogens is 198 g/mol. The lowest BCUT2D eigenvalue weighted by atomic mass is 10.3. The van der Waals surface area contributed by atoms with Gasteiger partial charge in [-0.25, -0.2) is 4.79 Å². The number of aromatic hydroxyl groups is 1. The average molecular weight is 207 g/mol. The van der Waals surface area contributed by atoms with Gasteiger partial charge >= 0.3 is 5.97 Å². The molecule has 3 N–H and O–H groups in total. The molecule has 0 atom stereocenters. The smallest absolute Gasteiger partial charge is 0.328 e. The molecule has 1 amide bonds. The van der Waals surface area contributed by atoms with E-state index in [0.29, 0.717) is 0 Å². The lowest BCUT2D eigenvalue weighted by molar-refractivity contribution is -0.131. The summed E-state index contributed by atoms with van der Waals surface area (Å²) >= 11 is 0. The number of hydrogen-bond acceptors (Lipinski definition) is 3. The number of phenols is 1. The normalized spacial score (nSPS) is 10.1. The Kier molecular flexibility index (Phi) is 3.45. The number of carbonyl (C=O) groups is 2. The molecule has 15 heavy (non-hydrogen) atoms. The van der Waals surface area contributed by atoms with Crippen molar-refractivity contribution in [1.29, 1.82) is 0 Å². The van der Waals surface area contributed by atoms with Crippen molar-refractivity contribution in [2.45, 2.75) is 0 Å². The molecule has 0 bridgehead atoms. The molecule has 1 aromatic carbocycles. The summed E-state index contributed by atoms with van der Waals surface area (Å²) in [7, 11) is 0. The monoisotopic (exact) mass is 207 g/mol. The number of carbonyl (C=O) groups excluding carboxylic acids is 1. The summed E-state index contributed by atoms with van der Waals surface area (Å²) in [4.78, 5) is 21.2. The average Bonchev–Trinajstić information content (AvgIpc) is 2.18. The molecule has 0 aliphatic rings. The zero-order chi connectivity index (χ0) is 11.3. The summed E-state index contributed by atoms with van der Waals surface area (Å²) in [6.45, 7) is 0. The van der Waals surface area contributed by atoms with Gasteiger partial charge in [0.15, 0.2) is 0 Å². The SMILES string of the molecule is O=C(O)C=CC(=O)Nc1ccccc1O. The highest BCUT2D eigenvalue weighted by Crippen LogP contribution is 2.21. The van der Waals surface area contributed by atoms with E-state index in [-0.39, 0.29) is 11.4 Å². The van der Waals surface area contributed by atoms with Gasteiger partial charge in [0.2, 0.25) is 5.91 Å². The number of rotatable bonds is 3. The lowest BCUT2D eigenvalue weighted by Crippen LogP contribution is -2.08. The Balaban J connectivity index is 2.67. The minimum absolute atomic E-state index is 0.0745. The number of anilines is 1. The summed E-state index contributed by atoms with van der Waals surface area (Å²) in [5, 5.41) is 19.9. The van der Waals surface area contributed by atoms with Crippen molar-refractivity contribution in [3.8, 4) is 5.75 Å². The number of nitrogens with one attached hydrogen (secondary N) is 1.